The Kier molecular flexibility index (Phi) is 3.62. The lowest BCUT2D eigenvalue weighted by Gasteiger charge is -2.55. The smallest absolute Gasteiger partial charge is 0.233 e. The molecule has 0 amide bonds. The van der Waals surface area contributed by atoms with Gasteiger partial charge in [-0.2, -0.15) is 0 Å². The first-order valence-corrected chi connectivity index (χ1v) is 8.87. The highest BCUT2D eigenvalue weighted by atomic mass is 16.3. The third-order valence-corrected chi connectivity index (χ3v) is 6.58. The Morgan fingerprint density at radius 3 is 2.35 bits per heavy atom. The van der Waals surface area contributed by atoms with Crippen LogP contribution in [0, 0.1) is 22.7 Å². The minimum Gasteiger partial charge on any atom is -0.507 e. The fourth-order valence-corrected chi connectivity index (χ4v) is 5.56. The highest BCUT2D eigenvalue weighted by molar-refractivity contribution is 6.50. The van der Waals surface area contributed by atoms with Gasteiger partial charge in [0.15, 0.2) is 0 Å². The monoisotopic (exact) mass is 316 g/mol. The van der Waals surface area contributed by atoms with E-state index in [1.54, 1.807) is 0 Å². The van der Waals surface area contributed by atoms with Crippen molar-refractivity contribution in [1.82, 2.24) is 0 Å². The first-order chi connectivity index (χ1) is 10.6. The summed E-state index contributed by atoms with van der Waals surface area (Å²) in [5, 5.41) is 10.7. The summed E-state index contributed by atoms with van der Waals surface area (Å²) in [7, 11) is 0. The second-order valence-corrected chi connectivity index (χ2v) is 8.78. The number of hydrogen-bond acceptors (Lipinski definition) is 3. The predicted octanol–water partition coefficient (Wildman–Crippen LogP) is 4.53. The molecule has 1 saturated carbocycles. The Bertz CT molecular complexity index is 648. The molecular weight excluding hydrogens is 288 g/mol. The summed E-state index contributed by atoms with van der Waals surface area (Å²) in [6.45, 7) is 10.4. The first kappa shape index (κ1) is 16.5. The number of carbonyl (C=O) groups excluding carboxylic acids is 2. The number of ketones is 2. The van der Waals surface area contributed by atoms with E-state index in [4.69, 9.17) is 0 Å². The molecule has 0 saturated heterocycles. The van der Waals surface area contributed by atoms with E-state index in [0.29, 0.717) is 23.5 Å². The van der Waals surface area contributed by atoms with E-state index < -0.39 is 5.78 Å². The molecule has 3 aliphatic carbocycles. The molecule has 0 bridgehead atoms. The number of hydrogen-bond donors (Lipinski definition) is 1. The maximum absolute atomic E-state index is 12.9. The minimum atomic E-state index is -0.485. The zero-order valence-electron chi connectivity index (χ0n) is 15.0. The predicted molar refractivity (Wildman–Crippen MR) is 90.0 cm³/mol. The maximum Gasteiger partial charge on any atom is 0.233 e. The van der Waals surface area contributed by atoms with Gasteiger partial charge >= 0.3 is 0 Å². The van der Waals surface area contributed by atoms with Crippen LogP contribution in [0.2, 0.25) is 0 Å². The van der Waals surface area contributed by atoms with Crippen LogP contribution in [0.15, 0.2) is 22.5 Å². The van der Waals surface area contributed by atoms with E-state index in [0.717, 1.165) is 31.3 Å². The highest BCUT2D eigenvalue weighted by Gasteiger charge is 2.55. The average molecular weight is 316 g/mol. The van der Waals surface area contributed by atoms with Crippen LogP contribution >= 0.6 is 0 Å². The molecule has 1 fully saturated rings. The standard InChI is InChI=1S/C20H28O3/c1-11(2)14-16(21)12-7-8-13-19(3,4)9-6-10-20(13,5)15(12)18(23)17(14)22/h11,13,21H,6-10H2,1-5H3/t13-,20-/m1/s1. The SMILES string of the molecule is CC(C)C1=C(O)C2=C(C(=O)C1=O)[C@]1(C)CCCC(C)(C)[C@H]1CC2. The Morgan fingerprint density at radius 2 is 1.74 bits per heavy atom. The van der Waals surface area contributed by atoms with Gasteiger partial charge in [0.05, 0.1) is 0 Å². The van der Waals surface area contributed by atoms with Crippen LogP contribution in [0.1, 0.15) is 66.7 Å². The third kappa shape index (κ3) is 2.15. The third-order valence-electron chi connectivity index (χ3n) is 6.58. The Balaban J connectivity index is 2.21. The van der Waals surface area contributed by atoms with Gasteiger partial charge in [-0.05, 0) is 42.9 Å². The number of Topliss-reactive ketones (excluding diaryl/α,β-unsaturated/α-hetero) is 2. The van der Waals surface area contributed by atoms with Gasteiger partial charge in [-0.1, -0.05) is 41.0 Å². The highest BCUT2D eigenvalue weighted by Crippen LogP contribution is 2.61. The summed E-state index contributed by atoms with van der Waals surface area (Å²) in [6, 6.07) is 0. The molecule has 3 aliphatic rings. The summed E-state index contributed by atoms with van der Waals surface area (Å²) in [5.41, 5.74) is 1.60. The number of aliphatic hydroxyl groups is 1. The van der Waals surface area contributed by atoms with E-state index in [-0.39, 0.29) is 28.3 Å². The quantitative estimate of drug-likeness (QED) is 0.571. The lowest BCUT2D eigenvalue weighted by molar-refractivity contribution is -0.134. The molecule has 1 N–H and O–H groups in total. The van der Waals surface area contributed by atoms with Gasteiger partial charge in [-0.15, -0.1) is 0 Å². The van der Waals surface area contributed by atoms with Crippen LogP contribution < -0.4 is 0 Å². The first-order valence-electron chi connectivity index (χ1n) is 8.87. The lowest BCUT2D eigenvalue weighted by Crippen LogP contribution is -2.49. The minimum absolute atomic E-state index is 0.0997. The van der Waals surface area contributed by atoms with Crippen molar-refractivity contribution in [3.05, 3.63) is 22.5 Å². The van der Waals surface area contributed by atoms with Crippen LogP contribution in [0.4, 0.5) is 0 Å². The molecule has 2 atom stereocenters. The number of allylic oxidation sites excluding steroid dienone is 3. The zero-order chi connectivity index (χ0) is 17.2. The van der Waals surface area contributed by atoms with Crippen LogP contribution in [0.25, 0.3) is 0 Å². The van der Waals surface area contributed by atoms with E-state index in [9.17, 15) is 14.7 Å². The van der Waals surface area contributed by atoms with Gasteiger partial charge in [0.2, 0.25) is 11.6 Å². The second kappa shape index (κ2) is 5.06. The van der Waals surface area contributed by atoms with Crippen molar-refractivity contribution >= 4 is 11.6 Å². The van der Waals surface area contributed by atoms with Crippen LogP contribution in [0.3, 0.4) is 0 Å². The van der Waals surface area contributed by atoms with Crippen molar-refractivity contribution in [2.75, 3.05) is 0 Å². The van der Waals surface area contributed by atoms with E-state index in [2.05, 4.69) is 20.8 Å². The Labute approximate surface area is 138 Å². The van der Waals surface area contributed by atoms with Crippen molar-refractivity contribution in [1.29, 1.82) is 0 Å². The molecule has 0 heterocycles. The van der Waals surface area contributed by atoms with Gasteiger partial charge in [0.25, 0.3) is 0 Å². The van der Waals surface area contributed by atoms with Crippen molar-refractivity contribution in [3.63, 3.8) is 0 Å². The van der Waals surface area contributed by atoms with Crippen LogP contribution in [-0.4, -0.2) is 16.7 Å². The molecule has 0 radical (unpaired) electrons. The van der Waals surface area contributed by atoms with Crippen molar-refractivity contribution in [2.24, 2.45) is 22.7 Å². The van der Waals surface area contributed by atoms with E-state index in [1.165, 1.54) is 0 Å². The van der Waals surface area contributed by atoms with E-state index in [1.807, 2.05) is 13.8 Å². The molecule has 3 heteroatoms. The van der Waals surface area contributed by atoms with Gasteiger partial charge in [-0.25, -0.2) is 0 Å². The molecule has 0 aromatic heterocycles. The van der Waals surface area contributed by atoms with Crippen molar-refractivity contribution in [3.8, 4) is 0 Å². The maximum atomic E-state index is 12.9. The van der Waals surface area contributed by atoms with Gasteiger partial charge in [0, 0.05) is 22.1 Å². The molecule has 0 aromatic rings. The number of fused-ring (bicyclic) bond motifs is 2. The fourth-order valence-electron chi connectivity index (χ4n) is 5.56. The summed E-state index contributed by atoms with van der Waals surface area (Å²) in [5.74, 6) is -0.475. The summed E-state index contributed by atoms with van der Waals surface area (Å²) >= 11 is 0. The average Bonchev–Trinajstić information content (AvgIpc) is 2.43. The molecule has 23 heavy (non-hydrogen) atoms. The largest absolute Gasteiger partial charge is 0.507 e. The topological polar surface area (TPSA) is 54.4 Å². The molecule has 126 valence electrons. The summed E-state index contributed by atoms with van der Waals surface area (Å²) in [4.78, 5) is 25.5. The van der Waals surface area contributed by atoms with Gasteiger partial charge in [-0.3, -0.25) is 9.59 Å². The zero-order valence-corrected chi connectivity index (χ0v) is 15.0. The van der Waals surface area contributed by atoms with Crippen LogP contribution in [-0.2, 0) is 9.59 Å². The van der Waals surface area contributed by atoms with E-state index >= 15 is 0 Å². The molecular formula is C20H28O3. The van der Waals surface area contributed by atoms with Gasteiger partial charge < -0.3 is 5.11 Å². The molecule has 0 aromatic carbocycles. The number of aliphatic hydroxyl groups excluding tert-OH is 1. The lowest BCUT2D eigenvalue weighted by atomic mass is 9.49. The summed E-state index contributed by atoms with van der Waals surface area (Å²) in [6.07, 6.45) is 4.86. The number of carbonyl (C=O) groups is 2. The molecule has 0 aliphatic heterocycles. The Morgan fingerprint density at radius 1 is 1.09 bits per heavy atom. The molecule has 0 spiro atoms. The van der Waals surface area contributed by atoms with Crippen molar-refractivity contribution < 1.29 is 14.7 Å². The molecule has 3 nitrogen and oxygen atoms in total. The summed E-state index contributed by atoms with van der Waals surface area (Å²) < 4.78 is 0. The molecule has 0 unspecified atom stereocenters. The second-order valence-electron chi connectivity index (χ2n) is 8.78. The number of rotatable bonds is 1. The fraction of sp³-hybridized carbons (Fsp3) is 0.700. The molecule has 3 rings (SSSR count). The van der Waals surface area contributed by atoms with Gasteiger partial charge in [0.1, 0.15) is 5.76 Å². The van der Waals surface area contributed by atoms with Crippen molar-refractivity contribution in [2.45, 2.75) is 66.7 Å². The Hall–Kier alpha value is -1.38. The van der Waals surface area contributed by atoms with Crippen LogP contribution in [0.5, 0.6) is 0 Å². The normalized spacial score (nSPS) is 33.9.